The number of benzene rings is 2. The highest BCUT2D eigenvalue weighted by Crippen LogP contribution is 2.38. The first-order valence-corrected chi connectivity index (χ1v) is 14.1. The highest BCUT2D eigenvalue weighted by molar-refractivity contribution is 5.96. The van der Waals surface area contributed by atoms with Gasteiger partial charge in [0.2, 0.25) is 5.91 Å². The van der Waals surface area contributed by atoms with Crippen molar-refractivity contribution in [2.45, 2.75) is 45.6 Å². The van der Waals surface area contributed by atoms with Gasteiger partial charge in [0.15, 0.2) is 0 Å². The zero-order chi connectivity index (χ0) is 27.2. The molecule has 2 aliphatic rings. The molecule has 0 radical (unpaired) electrons. The van der Waals surface area contributed by atoms with E-state index in [0.717, 1.165) is 63.0 Å². The van der Waals surface area contributed by atoms with Crippen LogP contribution in [0.2, 0.25) is 0 Å². The number of carbonyl (C=O) groups is 2. The maximum absolute atomic E-state index is 13.6. The number of nitrogens with one attached hydrogen (secondary N) is 2. The highest BCUT2D eigenvalue weighted by Gasteiger charge is 2.41. The van der Waals surface area contributed by atoms with E-state index in [4.69, 9.17) is 9.84 Å². The quantitative estimate of drug-likeness (QED) is 0.534. The molecular weight excluding hydrogens is 490 g/mol. The Morgan fingerprint density at radius 2 is 1.67 bits per heavy atom. The lowest BCUT2D eigenvalue weighted by Gasteiger charge is -2.41. The largest absolute Gasteiger partial charge is 0.491 e. The van der Waals surface area contributed by atoms with Crippen LogP contribution >= 0.6 is 0 Å². The maximum atomic E-state index is 13.6. The first kappa shape index (κ1) is 26.9. The minimum atomic E-state index is -0.394. The van der Waals surface area contributed by atoms with E-state index in [-0.39, 0.29) is 11.8 Å². The monoisotopic (exact) mass is 529 g/mol. The second-order valence-electron chi connectivity index (χ2n) is 10.8. The second kappa shape index (κ2) is 12.0. The number of aryl methyl sites for hydroxylation is 1. The van der Waals surface area contributed by atoms with Gasteiger partial charge in [0.05, 0.1) is 23.2 Å². The van der Waals surface area contributed by atoms with Crippen molar-refractivity contribution < 1.29 is 14.3 Å². The van der Waals surface area contributed by atoms with Crippen molar-refractivity contribution in [2.24, 2.45) is 12.5 Å². The predicted octanol–water partition coefficient (Wildman–Crippen LogP) is 4.09. The number of piperidine rings is 1. The van der Waals surface area contributed by atoms with E-state index in [1.54, 1.807) is 12.1 Å². The lowest BCUT2D eigenvalue weighted by molar-refractivity contribution is -0.134. The van der Waals surface area contributed by atoms with E-state index in [2.05, 4.69) is 46.7 Å². The van der Waals surface area contributed by atoms with Crippen LogP contribution < -0.4 is 15.4 Å². The van der Waals surface area contributed by atoms with E-state index >= 15 is 0 Å². The van der Waals surface area contributed by atoms with Crippen molar-refractivity contribution in [1.82, 2.24) is 25.3 Å². The summed E-state index contributed by atoms with van der Waals surface area (Å²) in [5.74, 6) is 0.558. The standard InChI is InChI=1S/C31H39N5O3/c1-23-26(28(34-35(23)2)24-10-4-3-5-11-24)22-36-19-15-31(16-20-36)14-8-9-17-32-29(37)25-12-6-7-13-27(25)39-21-18-33-30(31)38/h3-7,10-13H,8-9,14-22H2,1-2H3,(H,32,37)(H,33,38). The van der Waals surface area contributed by atoms with Gasteiger partial charge >= 0.3 is 0 Å². The van der Waals surface area contributed by atoms with Gasteiger partial charge in [0.25, 0.3) is 5.91 Å². The number of likely N-dealkylation sites (tertiary alicyclic amines) is 1. The van der Waals surface area contributed by atoms with E-state index in [0.29, 0.717) is 31.0 Å². The van der Waals surface area contributed by atoms with Gasteiger partial charge in [-0.25, -0.2) is 0 Å². The second-order valence-corrected chi connectivity index (χ2v) is 10.8. The van der Waals surface area contributed by atoms with E-state index in [1.807, 2.05) is 29.9 Å². The van der Waals surface area contributed by atoms with Crippen LogP contribution in [0.4, 0.5) is 0 Å². The molecule has 0 atom stereocenters. The number of ether oxygens (including phenoxy) is 1. The molecule has 1 spiro atoms. The summed E-state index contributed by atoms with van der Waals surface area (Å²) in [5.41, 5.74) is 4.73. The van der Waals surface area contributed by atoms with Crippen LogP contribution in [0.25, 0.3) is 11.3 Å². The molecule has 0 bridgehead atoms. The van der Waals surface area contributed by atoms with Gasteiger partial charge in [0, 0.05) is 37.0 Å². The Morgan fingerprint density at radius 1 is 0.923 bits per heavy atom. The molecular formula is C31H39N5O3. The van der Waals surface area contributed by atoms with Gasteiger partial charge in [-0.3, -0.25) is 19.2 Å². The highest BCUT2D eigenvalue weighted by atomic mass is 16.5. The summed E-state index contributed by atoms with van der Waals surface area (Å²) in [6.45, 7) is 5.98. The molecule has 39 heavy (non-hydrogen) atoms. The fourth-order valence-electron chi connectivity index (χ4n) is 5.80. The van der Waals surface area contributed by atoms with Crippen LogP contribution in [0.5, 0.6) is 5.75 Å². The molecule has 0 unspecified atom stereocenters. The van der Waals surface area contributed by atoms with Crippen molar-refractivity contribution in [1.29, 1.82) is 0 Å². The van der Waals surface area contributed by atoms with Crippen LogP contribution in [-0.2, 0) is 18.4 Å². The molecule has 1 saturated heterocycles. The van der Waals surface area contributed by atoms with Crippen LogP contribution in [-0.4, -0.2) is 59.3 Å². The van der Waals surface area contributed by atoms with Crippen molar-refractivity contribution in [3.8, 4) is 17.0 Å². The minimum Gasteiger partial charge on any atom is -0.491 e. The van der Waals surface area contributed by atoms with Crippen molar-refractivity contribution in [2.75, 3.05) is 32.8 Å². The molecule has 5 rings (SSSR count). The normalized spacial score (nSPS) is 18.9. The van der Waals surface area contributed by atoms with E-state index < -0.39 is 5.41 Å². The molecule has 3 aromatic rings. The van der Waals surface area contributed by atoms with Gasteiger partial charge in [-0.15, -0.1) is 0 Å². The van der Waals surface area contributed by atoms with Crippen LogP contribution in [0.1, 0.15) is 53.7 Å². The molecule has 8 nitrogen and oxygen atoms in total. The smallest absolute Gasteiger partial charge is 0.255 e. The number of nitrogens with zero attached hydrogens (tertiary/aromatic N) is 3. The Balaban J connectivity index is 1.25. The third kappa shape index (κ3) is 6.01. The summed E-state index contributed by atoms with van der Waals surface area (Å²) in [4.78, 5) is 28.7. The molecule has 0 aliphatic carbocycles. The van der Waals surface area contributed by atoms with Gasteiger partial charge < -0.3 is 15.4 Å². The fourth-order valence-corrected chi connectivity index (χ4v) is 5.80. The lowest BCUT2D eigenvalue weighted by Crippen LogP contribution is -2.49. The van der Waals surface area contributed by atoms with Gasteiger partial charge in [-0.2, -0.15) is 5.10 Å². The number of hydrogen-bond donors (Lipinski definition) is 2. The number of aromatic nitrogens is 2. The van der Waals surface area contributed by atoms with E-state index in [1.165, 1.54) is 11.3 Å². The summed E-state index contributed by atoms with van der Waals surface area (Å²) >= 11 is 0. The Hall–Kier alpha value is -3.65. The fraction of sp³-hybridized carbons (Fsp3) is 0.452. The number of carbonyl (C=O) groups excluding carboxylic acids is 2. The average Bonchev–Trinajstić information content (AvgIpc) is 3.24. The molecule has 1 aromatic heterocycles. The van der Waals surface area contributed by atoms with Gasteiger partial charge in [0.1, 0.15) is 12.4 Å². The van der Waals surface area contributed by atoms with Crippen molar-refractivity contribution in [3.05, 3.63) is 71.4 Å². The first-order chi connectivity index (χ1) is 19.0. The Morgan fingerprint density at radius 3 is 2.46 bits per heavy atom. The van der Waals surface area contributed by atoms with Crippen LogP contribution in [0.3, 0.4) is 0 Å². The molecule has 2 aliphatic heterocycles. The number of para-hydroxylation sites is 1. The summed E-state index contributed by atoms with van der Waals surface area (Å²) < 4.78 is 7.85. The average molecular weight is 530 g/mol. The van der Waals surface area contributed by atoms with Crippen LogP contribution in [0.15, 0.2) is 54.6 Å². The molecule has 3 heterocycles. The topological polar surface area (TPSA) is 88.5 Å². The number of amides is 2. The lowest BCUT2D eigenvalue weighted by atomic mass is 9.73. The molecule has 0 saturated carbocycles. The molecule has 206 valence electrons. The summed E-state index contributed by atoms with van der Waals surface area (Å²) in [5, 5.41) is 11.0. The van der Waals surface area contributed by atoms with Crippen LogP contribution in [0, 0.1) is 12.3 Å². The third-order valence-corrected chi connectivity index (χ3v) is 8.33. The molecule has 2 N–H and O–H groups in total. The molecule has 8 heteroatoms. The number of rotatable bonds is 3. The Labute approximate surface area is 230 Å². The number of fused-ring (bicyclic) bond motifs is 1. The minimum absolute atomic E-state index is 0.115. The molecule has 2 aromatic carbocycles. The zero-order valence-corrected chi connectivity index (χ0v) is 23.0. The van der Waals surface area contributed by atoms with Crippen molar-refractivity contribution >= 4 is 11.8 Å². The van der Waals surface area contributed by atoms with Crippen molar-refractivity contribution in [3.63, 3.8) is 0 Å². The Bertz CT molecular complexity index is 1290. The van der Waals surface area contributed by atoms with E-state index in [9.17, 15) is 9.59 Å². The molecule has 2 amide bonds. The van der Waals surface area contributed by atoms with Gasteiger partial charge in [-0.05, 0) is 57.8 Å². The Kier molecular flexibility index (Phi) is 8.31. The first-order valence-electron chi connectivity index (χ1n) is 14.1. The van der Waals surface area contributed by atoms with Gasteiger partial charge in [-0.1, -0.05) is 48.9 Å². The molecule has 1 fully saturated rings. The maximum Gasteiger partial charge on any atom is 0.255 e. The predicted molar refractivity (Wildman–Crippen MR) is 151 cm³/mol. The third-order valence-electron chi connectivity index (χ3n) is 8.33. The number of hydrogen-bond acceptors (Lipinski definition) is 5. The summed E-state index contributed by atoms with van der Waals surface area (Å²) in [6, 6.07) is 17.6. The SMILES string of the molecule is Cc1c(CN2CCC3(CCCCNC(=O)c4ccccc4OCCNC3=O)CC2)c(-c2ccccc2)nn1C. The summed E-state index contributed by atoms with van der Waals surface area (Å²) in [7, 11) is 2.00. The summed E-state index contributed by atoms with van der Waals surface area (Å²) in [6.07, 6.45) is 4.18. The zero-order valence-electron chi connectivity index (χ0n) is 23.0.